The summed E-state index contributed by atoms with van der Waals surface area (Å²) in [6, 6.07) is 7.25. The molecule has 1 saturated carbocycles. The third-order valence-corrected chi connectivity index (χ3v) is 4.28. The van der Waals surface area contributed by atoms with Gasteiger partial charge in [-0.3, -0.25) is 4.68 Å². The third-order valence-electron chi connectivity index (χ3n) is 3.59. The molecule has 21 heavy (non-hydrogen) atoms. The average Bonchev–Trinajstić information content (AvgIpc) is 3.16. The molecule has 0 aliphatic heterocycles. The van der Waals surface area contributed by atoms with Gasteiger partial charge in [0.05, 0.1) is 17.4 Å². The van der Waals surface area contributed by atoms with Crippen molar-refractivity contribution < 1.29 is 4.79 Å². The summed E-state index contributed by atoms with van der Waals surface area (Å²) in [7, 11) is 1.71. The van der Waals surface area contributed by atoms with Crippen LogP contribution in [-0.4, -0.2) is 15.8 Å². The highest BCUT2D eigenvalue weighted by Crippen LogP contribution is 2.46. The standard InChI is InChI=1S/C14H14Cl2N4O/c1-20-12(16)11(8-17-20)18-13(21)19-14(5-6-14)9-3-2-4-10(15)7-9/h2-4,7-8H,5-6H2,1H3,(H2,18,19,21). The maximum atomic E-state index is 12.1. The minimum absolute atomic E-state index is 0.303. The van der Waals surface area contributed by atoms with Gasteiger partial charge in [0.25, 0.3) is 0 Å². The monoisotopic (exact) mass is 324 g/mol. The topological polar surface area (TPSA) is 59.0 Å². The molecule has 2 amide bonds. The lowest BCUT2D eigenvalue weighted by molar-refractivity contribution is 0.247. The summed E-state index contributed by atoms with van der Waals surface area (Å²) in [4.78, 5) is 12.1. The van der Waals surface area contributed by atoms with Crippen LogP contribution < -0.4 is 10.6 Å². The molecule has 0 spiro atoms. The normalized spacial score (nSPS) is 15.6. The van der Waals surface area contributed by atoms with Crippen molar-refractivity contribution in [3.63, 3.8) is 0 Å². The van der Waals surface area contributed by atoms with Crippen molar-refractivity contribution in [2.24, 2.45) is 7.05 Å². The highest BCUT2D eigenvalue weighted by Gasteiger charge is 2.45. The fourth-order valence-corrected chi connectivity index (χ4v) is 2.60. The van der Waals surface area contributed by atoms with Gasteiger partial charge < -0.3 is 10.6 Å². The lowest BCUT2D eigenvalue weighted by Gasteiger charge is -2.18. The van der Waals surface area contributed by atoms with Crippen molar-refractivity contribution in [3.05, 3.63) is 46.2 Å². The quantitative estimate of drug-likeness (QED) is 0.907. The van der Waals surface area contributed by atoms with E-state index in [0.29, 0.717) is 15.9 Å². The number of benzene rings is 1. The number of aryl methyl sites for hydroxylation is 1. The molecule has 1 fully saturated rings. The number of halogens is 2. The average molecular weight is 325 g/mol. The first kappa shape index (κ1) is 14.2. The molecule has 0 radical (unpaired) electrons. The second-order valence-electron chi connectivity index (χ2n) is 5.14. The molecule has 1 heterocycles. The molecule has 1 aromatic heterocycles. The molecule has 3 rings (SSSR count). The minimum atomic E-state index is -0.330. The van der Waals surface area contributed by atoms with E-state index >= 15 is 0 Å². The molecule has 110 valence electrons. The van der Waals surface area contributed by atoms with Crippen LogP contribution in [0.1, 0.15) is 18.4 Å². The number of hydrogen-bond donors (Lipinski definition) is 2. The predicted octanol–water partition coefficient (Wildman–Crippen LogP) is 3.54. The number of nitrogens with zero attached hydrogens (tertiary/aromatic N) is 2. The summed E-state index contributed by atoms with van der Waals surface area (Å²) in [5, 5.41) is 10.7. The zero-order valence-electron chi connectivity index (χ0n) is 11.4. The number of amides is 2. The van der Waals surface area contributed by atoms with Gasteiger partial charge in [-0.05, 0) is 30.5 Å². The van der Waals surface area contributed by atoms with Crippen LogP contribution in [0.25, 0.3) is 0 Å². The van der Waals surface area contributed by atoms with Crippen LogP contribution in [0.3, 0.4) is 0 Å². The summed E-state index contributed by atoms with van der Waals surface area (Å²) in [5.41, 5.74) is 1.17. The number of nitrogens with one attached hydrogen (secondary N) is 2. The second kappa shape index (κ2) is 5.24. The molecule has 0 unspecified atom stereocenters. The Morgan fingerprint density at radius 2 is 2.14 bits per heavy atom. The van der Waals surface area contributed by atoms with Crippen molar-refractivity contribution in [2.45, 2.75) is 18.4 Å². The van der Waals surface area contributed by atoms with Crippen molar-refractivity contribution in [3.8, 4) is 0 Å². The van der Waals surface area contributed by atoms with Gasteiger partial charge in [-0.15, -0.1) is 0 Å². The first-order valence-corrected chi connectivity index (χ1v) is 7.28. The molecule has 1 aromatic carbocycles. The van der Waals surface area contributed by atoms with Gasteiger partial charge >= 0.3 is 6.03 Å². The second-order valence-corrected chi connectivity index (χ2v) is 5.94. The van der Waals surface area contributed by atoms with E-state index in [0.717, 1.165) is 18.4 Å². The number of carbonyl (C=O) groups excluding carboxylic acids is 1. The third kappa shape index (κ3) is 2.84. The number of anilines is 1. The van der Waals surface area contributed by atoms with Gasteiger partial charge in [-0.25, -0.2) is 4.79 Å². The molecule has 2 aromatic rings. The van der Waals surface area contributed by atoms with Crippen LogP contribution in [0, 0.1) is 0 Å². The zero-order chi connectivity index (χ0) is 15.0. The summed E-state index contributed by atoms with van der Waals surface area (Å²) >= 11 is 12.0. The van der Waals surface area contributed by atoms with Crippen LogP contribution in [0.4, 0.5) is 10.5 Å². The van der Waals surface area contributed by atoms with E-state index in [4.69, 9.17) is 23.2 Å². The number of urea groups is 1. The highest BCUT2D eigenvalue weighted by molar-refractivity contribution is 6.32. The van der Waals surface area contributed by atoms with Gasteiger partial charge in [0.1, 0.15) is 5.15 Å². The lowest BCUT2D eigenvalue weighted by atomic mass is 10.1. The molecular weight excluding hydrogens is 311 g/mol. The molecule has 1 aliphatic carbocycles. The Morgan fingerprint density at radius 1 is 1.38 bits per heavy atom. The fourth-order valence-electron chi connectivity index (χ4n) is 2.27. The van der Waals surface area contributed by atoms with E-state index in [1.807, 2.05) is 24.3 Å². The van der Waals surface area contributed by atoms with Crippen molar-refractivity contribution in [2.75, 3.05) is 5.32 Å². The Balaban J connectivity index is 1.71. The summed E-state index contributed by atoms with van der Waals surface area (Å²) < 4.78 is 1.49. The van der Waals surface area contributed by atoms with Gasteiger partial charge in [-0.2, -0.15) is 5.10 Å². The van der Waals surface area contributed by atoms with Crippen molar-refractivity contribution in [1.29, 1.82) is 0 Å². The molecule has 0 saturated heterocycles. The Labute approximate surface area is 132 Å². The van der Waals surface area contributed by atoms with E-state index in [2.05, 4.69) is 15.7 Å². The van der Waals surface area contributed by atoms with Crippen LogP contribution in [0.15, 0.2) is 30.5 Å². The van der Waals surface area contributed by atoms with Crippen LogP contribution >= 0.6 is 23.2 Å². The number of aromatic nitrogens is 2. The summed E-state index contributed by atoms with van der Waals surface area (Å²) in [5.74, 6) is 0. The Hall–Kier alpha value is -1.72. The van der Waals surface area contributed by atoms with Crippen LogP contribution in [-0.2, 0) is 12.6 Å². The smallest absolute Gasteiger partial charge is 0.320 e. The number of rotatable bonds is 3. The molecule has 1 aliphatic rings. The van der Waals surface area contributed by atoms with Gasteiger partial charge in [-0.1, -0.05) is 35.3 Å². The van der Waals surface area contributed by atoms with Gasteiger partial charge in [0.15, 0.2) is 0 Å². The number of hydrogen-bond acceptors (Lipinski definition) is 2. The van der Waals surface area contributed by atoms with Crippen LogP contribution in [0.5, 0.6) is 0 Å². The Kier molecular flexibility index (Phi) is 3.55. The predicted molar refractivity (Wildman–Crippen MR) is 82.7 cm³/mol. The molecular formula is C14H14Cl2N4O. The summed E-state index contributed by atoms with van der Waals surface area (Å²) in [6.07, 6.45) is 3.30. The largest absolute Gasteiger partial charge is 0.328 e. The van der Waals surface area contributed by atoms with Crippen molar-refractivity contribution in [1.82, 2.24) is 15.1 Å². The Morgan fingerprint density at radius 3 is 2.71 bits per heavy atom. The van der Waals surface area contributed by atoms with E-state index in [9.17, 15) is 4.79 Å². The maximum absolute atomic E-state index is 12.1. The molecule has 7 heteroatoms. The highest BCUT2D eigenvalue weighted by atomic mass is 35.5. The van der Waals surface area contributed by atoms with Gasteiger partial charge in [0.2, 0.25) is 0 Å². The number of carbonyl (C=O) groups is 1. The minimum Gasteiger partial charge on any atom is -0.328 e. The Bertz CT molecular complexity index is 694. The van der Waals surface area contributed by atoms with E-state index < -0.39 is 0 Å². The van der Waals surface area contributed by atoms with E-state index in [1.165, 1.54) is 10.9 Å². The molecule has 0 atom stereocenters. The van der Waals surface area contributed by atoms with Gasteiger partial charge in [0, 0.05) is 12.1 Å². The van der Waals surface area contributed by atoms with E-state index in [-0.39, 0.29) is 11.6 Å². The van der Waals surface area contributed by atoms with Crippen LogP contribution in [0.2, 0.25) is 10.2 Å². The first-order chi connectivity index (χ1) is 10.00. The SMILES string of the molecule is Cn1ncc(NC(=O)NC2(c3cccc(Cl)c3)CC2)c1Cl. The summed E-state index contributed by atoms with van der Waals surface area (Å²) in [6.45, 7) is 0. The lowest BCUT2D eigenvalue weighted by Crippen LogP contribution is -2.38. The fraction of sp³-hybridized carbons (Fsp3) is 0.286. The molecule has 5 nitrogen and oxygen atoms in total. The molecule has 0 bridgehead atoms. The van der Waals surface area contributed by atoms with Crippen molar-refractivity contribution >= 4 is 34.9 Å². The maximum Gasteiger partial charge on any atom is 0.320 e. The first-order valence-electron chi connectivity index (χ1n) is 6.53. The zero-order valence-corrected chi connectivity index (χ0v) is 12.9. The molecule has 2 N–H and O–H groups in total. The van der Waals surface area contributed by atoms with E-state index in [1.54, 1.807) is 7.05 Å².